The van der Waals surface area contributed by atoms with Crippen LogP contribution < -0.4 is 25.8 Å². The van der Waals surface area contributed by atoms with Crippen molar-refractivity contribution in [2.75, 3.05) is 32.6 Å². The van der Waals surface area contributed by atoms with Gasteiger partial charge >= 0.3 is 0 Å². The van der Waals surface area contributed by atoms with Crippen molar-refractivity contribution in [3.63, 3.8) is 0 Å². The van der Waals surface area contributed by atoms with Crippen LogP contribution in [0.15, 0.2) is 36.7 Å². The van der Waals surface area contributed by atoms with Crippen LogP contribution in [0.3, 0.4) is 0 Å². The van der Waals surface area contributed by atoms with Gasteiger partial charge in [0.05, 0.1) is 35.9 Å². The molecule has 1 aliphatic rings. The van der Waals surface area contributed by atoms with E-state index in [-0.39, 0.29) is 29.3 Å². The average Bonchev–Trinajstić information content (AvgIpc) is 3.20. The van der Waals surface area contributed by atoms with E-state index < -0.39 is 17.8 Å². The van der Waals surface area contributed by atoms with Crippen LogP contribution >= 0.6 is 11.6 Å². The first-order chi connectivity index (χ1) is 16.8. The topological polar surface area (TPSA) is 132 Å². The first kappa shape index (κ1) is 24.4. The van der Waals surface area contributed by atoms with Gasteiger partial charge in [-0.05, 0) is 25.2 Å². The number of likely N-dealkylation sites (tertiary alicyclic amines) is 1. The second kappa shape index (κ2) is 10.3. The van der Waals surface area contributed by atoms with Gasteiger partial charge in [-0.3, -0.25) is 14.5 Å². The van der Waals surface area contributed by atoms with E-state index in [9.17, 15) is 14.0 Å². The van der Waals surface area contributed by atoms with Crippen LogP contribution in [-0.4, -0.2) is 66.1 Å². The number of halogens is 2. The molecule has 0 saturated carbocycles. The molecule has 0 spiro atoms. The normalized spacial score (nSPS) is 17.8. The third kappa shape index (κ3) is 5.36. The molecule has 4 rings (SSSR count). The molecule has 0 bridgehead atoms. The Bertz CT molecular complexity index is 1280. The Morgan fingerprint density at radius 3 is 2.83 bits per heavy atom. The number of methoxy groups -OCH3 is 1. The van der Waals surface area contributed by atoms with Crippen molar-refractivity contribution in [3.05, 3.63) is 47.5 Å². The van der Waals surface area contributed by atoms with Gasteiger partial charge in [-0.15, -0.1) is 0 Å². The first-order valence-electron chi connectivity index (χ1n) is 10.7. The van der Waals surface area contributed by atoms with Crippen molar-refractivity contribution in [1.82, 2.24) is 20.2 Å². The van der Waals surface area contributed by atoms with Crippen molar-refractivity contribution in [3.8, 4) is 11.5 Å². The van der Waals surface area contributed by atoms with Crippen molar-refractivity contribution in [2.45, 2.75) is 18.6 Å². The number of carbonyl (C=O) groups excluding carboxylic acids is 2. The highest BCUT2D eigenvalue weighted by Crippen LogP contribution is 2.37. The van der Waals surface area contributed by atoms with E-state index in [1.807, 2.05) is 4.90 Å². The Balaban J connectivity index is 1.59. The third-order valence-corrected chi connectivity index (χ3v) is 5.96. The van der Waals surface area contributed by atoms with Crippen LogP contribution in [0.25, 0.3) is 10.9 Å². The lowest BCUT2D eigenvalue weighted by Crippen LogP contribution is -2.44. The van der Waals surface area contributed by atoms with Gasteiger partial charge in [-0.25, -0.2) is 14.4 Å². The molecule has 184 valence electrons. The van der Waals surface area contributed by atoms with Gasteiger partial charge < -0.3 is 25.8 Å². The number of nitrogens with one attached hydrogen (secondary N) is 2. The van der Waals surface area contributed by atoms with E-state index in [2.05, 4.69) is 20.6 Å². The molecule has 10 nitrogen and oxygen atoms in total. The number of aromatic nitrogens is 2. The van der Waals surface area contributed by atoms with E-state index in [0.29, 0.717) is 41.2 Å². The van der Waals surface area contributed by atoms with Gasteiger partial charge in [-0.2, -0.15) is 0 Å². The molecule has 1 aromatic heterocycles. The quantitative estimate of drug-likeness (QED) is 0.427. The summed E-state index contributed by atoms with van der Waals surface area (Å²) in [5.41, 5.74) is 5.83. The standard InChI is InChI=1S/C23H24ClFN6O4/c1-31-10-12(6-17(31)23(33)27-9-20(26)32)35-19-7-13-16(8-18(19)34-2)28-11-29-22(13)30-15-5-3-4-14(24)21(15)25/h3-5,7-8,11-12,17H,6,9-10H2,1-2H3,(H2,26,32)(H,27,33)(H,28,29,30)/t12-,17+/m0/s1. The number of hydrogen-bond acceptors (Lipinski definition) is 8. The van der Waals surface area contributed by atoms with Crippen molar-refractivity contribution >= 4 is 45.8 Å². The number of carbonyl (C=O) groups is 2. The van der Waals surface area contributed by atoms with Crippen molar-refractivity contribution in [1.29, 1.82) is 0 Å². The molecular weight excluding hydrogens is 479 g/mol. The number of anilines is 2. The molecule has 2 aromatic carbocycles. The number of benzene rings is 2. The highest BCUT2D eigenvalue weighted by atomic mass is 35.5. The number of hydrogen-bond donors (Lipinski definition) is 3. The lowest BCUT2D eigenvalue weighted by molar-refractivity contribution is -0.127. The predicted molar refractivity (Wildman–Crippen MR) is 128 cm³/mol. The predicted octanol–water partition coefficient (Wildman–Crippen LogP) is 2.23. The van der Waals surface area contributed by atoms with E-state index in [0.717, 1.165) is 0 Å². The minimum absolute atomic E-state index is 0.0150. The Morgan fingerprint density at radius 1 is 1.29 bits per heavy atom. The number of primary amides is 1. The molecule has 0 unspecified atom stereocenters. The molecule has 2 heterocycles. The monoisotopic (exact) mass is 502 g/mol. The SMILES string of the molecule is COc1cc2ncnc(Nc3cccc(Cl)c3F)c2cc1O[C@H]1C[C@H](C(=O)NCC(N)=O)N(C)C1. The Labute approximate surface area is 205 Å². The van der Waals surface area contributed by atoms with Crippen LogP contribution in [-0.2, 0) is 9.59 Å². The number of amides is 2. The van der Waals surface area contributed by atoms with Gasteiger partial charge in [0.15, 0.2) is 17.3 Å². The number of likely N-dealkylation sites (N-methyl/N-ethyl adjacent to an activating group) is 1. The largest absolute Gasteiger partial charge is 0.493 e. The molecule has 35 heavy (non-hydrogen) atoms. The minimum Gasteiger partial charge on any atom is -0.493 e. The Morgan fingerprint density at radius 2 is 2.09 bits per heavy atom. The van der Waals surface area contributed by atoms with Gasteiger partial charge in [0, 0.05) is 24.4 Å². The number of rotatable bonds is 8. The van der Waals surface area contributed by atoms with Crippen LogP contribution in [0.1, 0.15) is 6.42 Å². The second-order valence-electron chi connectivity index (χ2n) is 8.08. The molecule has 3 aromatic rings. The maximum absolute atomic E-state index is 14.4. The average molecular weight is 503 g/mol. The maximum atomic E-state index is 14.4. The molecule has 1 aliphatic heterocycles. The zero-order valence-corrected chi connectivity index (χ0v) is 19.8. The highest BCUT2D eigenvalue weighted by Gasteiger charge is 2.36. The van der Waals surface area contributed by atoms with Crippen LogP contribution in [0.4, 0.5) is 15.9 Å². The highest BCUT2D eigenvalue weighted by molar-refractivity contribution is 6.31. The smallest absolute Gasteiger partial charge is 0.237 e. The minimum atomic E-state index is -0.614. The summed E-state index contributed by atoms with van der Waals surface area (Å²) in [4.78, 5) is 33.8. The fraction of sp³-hybridized carbons (Fsp3) is 0.304. The van der Waals surface area contributed by atoms with Crippen LogP contribution in [0, 0.1) is 5.82 Å². The zero-order chi connectivity index (χ0) is 25.1. The van der Waals surface area contributed by atoms with Gasteiger partial charge in [0.25, 0.3) is 0 Å². The third-order valence-electron chi connectivity index (χ3n) is 5.67. The Kier molecular flexibility index (Phi) is 7.17. The van der Waals surface area contributed by atoms with E-state index in [4.69, 9.17) is 26.8 Å². The van der Waals surface area contributed by atoms with E-state index in [1.54, 1.807) is 31.3 Å². The van der Waals surface area contributed by atoms with Crippen LogP contribution in [0.5, 0.6) is 11.5 Å². The summed E-state index contributed by atoms with van der Waals surface area (Å²) in [5, 5.41) is 6.04. The van der Waals surface area contributed by atoms with E-state index in [1.165, 1.54) is 19.5 Å². The first-order valence-corrected chi connectivity index (χ1v) is 11.1. The zero-order valence-electron chi connectivity index (χ0n) is 19.0. The van der Waals surface area contributed by atoms with Gasteiger partial charge in [0.2, 0.25) is 11.8 Å². The number of ether oxygens (including phenoxy) is 2. The molecule has 0 radical (unpaired) electrons. The fourth-order valence-electron chi connectivity index (χ4n) is 3.96. The number of fused-ring (bicyclic) bond motifs is 1. The maximum Gasteiger partial charge on any atom is 0.237 e. The molecule has 1 saturated heterocycles. The fourth-order valence-corrected chi connectivity index (χ4v) is 4.13. The summed E-state index contributed by atoms with van der Waals surface area (Å²) in [7, 11) is 3.31. The Hall–Kier alpha value is -3.70. The summed E-state index contributed by atoms with van der Waals surface area (Å²) in [6.45, 7) is 0.246. The summed E-state index contributed by atoms with van der Waals surface area (Å²) < 4.78 is 26.2. The number of nitrogens with two attached hydrogens (primary N) is 1. The lowest BCUT2D eigenvalue weighted by Gasteiger charge is -2.17. The summed E-state index contributed by atoms with van der Waals surface area (Å²) in [5.74, 6) is -0.291. The van der Waals surface area contributed by atoms with E-state index >= 15 is 0 Å². The summed E-state index contributed by atoms with van der Waals surface area (Å²) >= 11 is 5.90. The molecule has 4 N–H and O–H groups in total. The van der Waals surface area contributed by atoms with Crippen LogP contribution in [0.2, 0.25) is 5.02 Å². The second-order valence-corrected chi connectivity index (χ2v) is 8.49. The molecule has 2 amide bonds. The summed E-state index contributed by atoms with van der Waals surface area (Å²) in [6.07, 6.45) is 1.42. The van der Waals surface area contributed by atoms with Gasteiger partial charge in [0.1, 0.15) is 18.2 Å². The van der Waals surface area contributed by atoms with Crippen molar-refractivity contribution in [2.24, 2.45) is 5.73 Å². The molecular formula is C23H24ClFN6O4. The molecule has 2 atom stereocenters. The summed E-state index contributed by atoms with van der Waals surface area (Å²) in [6, 6.07) is 7.56. The van der Waals surface area contributed by atoms with Gasteiger partial charge in [-0.1, -0.05) is 17.7 Å². The lowest BCUT2D eigenvalue weighted by atomic mass is 10.1. The van der Waals surface area contributed by atoms with Crippen molar-refractivity contribution < 1.29 is 23.5 Å². The molecule has 0 aliphatic carbocycles. The molecule has 1 fully saturated rings. The number of nitrogens with zero attached hydrogens (tertiary/aromatic N) is 3. The molecule has 12 heteroatoms.